The third-order valence-corrected chi connectivity index (χ3v) is 5.83. The Labute approximate surface area is 132 Å². The van der Waals surface area contributed by atoms with Crippen LogP contribution in [0.25, 0.3) is 0 Å². The van der Waals surface area contributed by atoms with Gasteiger partial charge in [0.15, 0.2) is 0 Å². The number of benzene rings is 1. The van der Waals surface area contributed by atoms with Crippen LogP contribution in [0.4, 0.5) is 11.4 Å². The van der Waals surface area contributed by atoms with Crippen molar-refractivity contribution in [2.45, 2.75) is 63.3 Å². The highest BCUT2D eigenvalue weighted by molar-refractivity contribution is 6.31. The summed E-state index contributed by atoms with van der Waals surface area (Å²) in [5.41, 5.74) is 3.90. The Balaban J connectivity index is 1.82. The standard InChI is InChI=1S/C18H23ClN2/c19-13-8-9-16-17(12-13)21-18(10-4-1-5-11-18)14-6-2-3-7-15(14)20-16/h8-9,12,14,21H,1-7,10-11H2. The van der Waals surface area contributed by atoms with Crippen LogP contribution >= 0.6 is 11.6 Å². The first-order chi connectivity index (χ1) is 10.3. The Morgan fingerprint density at radius 2 is 1.95 bits per heavy atom. The van der Waals surface area contributed by atoms with Crippen molar-refractivity contribution in [2.24, 2.45) is 10.9 Å². The zero-order chi connectivity index (χ0) is 14.3. The molecule has 0 amide bonds. The van der Waals surface area contributed by atoms with Crippen LogP contribution < -0.4 is 5.32 Å². The Morgan fingerprint density at radius 3 is 2.81 bits per heavy atom. The molecule has 1 unspecified atom stereocenters. The van der Waals surface area contributed by atoms with Gasteiger partial charge in [0.05, 0.1) is 11.4 Å². The molecule has 2 aliphatic carbocycles. The normalized spacial score (nSPS) is 27.1. The second-order valence-corrected chi connectivity index (χ2v) is 7.34. The average molecular weight is 303 g/mol. The Hall–Kier alpha value is -1.02. The van der Waals surface area contributed by atoms with E-state index in [4.69, 9.17) is 16.6 Å². The summed E-state index contributed by atoms with van der Waals surface area (Å²) in [5.74, 6) is 0.623. The van der Waals surface area contributed by atoms with Gasteiger partial charge < -0.3 is 5.32 Å². The van der Waals surface area contributed by atoms with Crippen molar-refractivity contribution in [1.82, 2.24) is 0 Å². The van der Waals surface area contributed by atoms with Crippen LogP contribution in [0.5, 0.6) is 0 Å². The third-order valence-electron chi connectivity index (χ3n) is 5.60. The van der Waals surface area contributed by atoms with E-state index >= 15 is 0 Å². The van der Waals surface area contributed by atoms with E-state index in [1.54, 1.807) is 0 Å². The van der Waals surface area contributed by atoms with Gasteiger partial charge in [-0.2, -0.15) is 0 Å². The minimum Gasteiger partial charge on any atom is -0.377 e. The summed E-state index contributed by atoms with van der Waals surface area (Å²) in [6, 6.07) is 6.10. The van der Waals surface area contributed by atoms with Crippen LogP contribution in [0, 0.1) is 5.92 Å². The molecule has 0 saturated heterocycles. The van der Waals surface area contributed by atoms with Crippen molar-refractivity contribution < 1.29 is 0 Å². The quantitative estimate of drug-likeness (QED) is 0.650. The molecule has 1 atom stereocenters. The van der Waals surface area contributed by atoms with Crippen LogP contribution in [-0.4, -0.2) is 11.3 Å². The fraction of sp³-hybridized carbons (Fsp3) is 0.611. The first-order valence-electron chi connectivity index (χ1n) is 8.42. The SMILES string of the molecule is Clc1ccc2c(c1)NC1(CCCCC1)C1CCCCC1=N2. The van der Waals surface area contributed by atoms with E-state index in [2.05, 4.69) is 17.4 Å². The zero-order valence-corrected chi connectivity index (χ0v) is 13.3. The fourth-order valence-corrected chi connectivity index (χ4v) is 4.77. The molecular formula is C18H23ClN2. The lowest BCUT2D eigenvalue weighted by Gasteiger charge is -2.46. The molecule has 1 aromatic carbocycles. The fourth-order valence-electron chi connectivity index (χ4n) is 4.60. The molecule has 2 fully saturated rings. The van der Waals surface area contributed by atoms with E-state index in [1.165, 1.54) is 63.5 Å². The molecule has 3 heteroatoms. The monoisotopic (exact) mass is 302 g/mol. The molecule has 0 radical (unpaired) electrons. The van der Waals surface area contributed by atoms with Gasteiger partial charge >= 0.3 is 0 Å². The van der Waals surface area contributed by atoms with Gasteiger partial charge in [0.2, 0.25) is 0 Å². The minimum atomic E-state index is 0.230. The van der Waals surface area contributed by atoms with E-state index in [1.807, 2.05) is 6.07 Å². The Kier molecular flexibility index (Phi) is 3.45. The van der Waals surface area contributed by atoms with Crippen molar-refractivity contribution in [3.63, 3.8) is 0 Å². The van der Waals surface area contributed by atoms with E-state index in [-0.39, 0.29) is 5.54 Å². The summed E-state index contributed by atoms with van der Waals surface area (Å²) < 4.78 is 0. The summed E-state index contributed by atoms with van der Waals surface area (Å²) >= 11 is 6.22. The minimum absolute atomic E-state index is 0.230. The smallest absolute Gasteiger partial charge is 0.0861 e. The van der Waals surface area contributed by atoms with Crippen LogP contribution in [0.2, 0.25) is 5.02 Å². The molecule has 1 spiro atoms. The topological polar surface area (TPSA) is 24.4 Å². The van der Waals surface area contributed by atoms with Crippen molar-refractivity contribution in [1.29, 1.82) is 0 Å². The molecule has 2 saturated carbocycles. The largest absolute Gasteiger partial charge is 0.377 e. The molecule has 1 N–H and O–H groups in total. The van der Waals surface area contributed by atoms with Gasteiger partial charge in [-0.25, -0.2) is 0 Å². The van der Waals surface area contributed by atoms with Gasteiger partial charge in [-0.3, -0.25) is 4.99 Å². The summed E-state index contributed by atoms with van der Waals surface area (Å²) in [6.07, 6.45) is 11.7. The second kappa shape index (κ2) is 5.31. The van der Waals surface area contributed by atoms with E-state index < -0.39 is 0 Å². The first kappa shape index (κ1) is 13.6. The lowest BCUT2D eigenvalue weighted by molar-refractivity contribution is 0.246. The number of rotatable bonds is 0. The van der Waals surface area contributed by atoms with Gasteiger partial charge in [0.1, 0.15) is 0 Å². The number of hydrogen-bond acceptors (Lipinski definition) is 2. The lowest BCUT2D eigenvalue weighted by atomic mass is 9.66. The maximum absolute atomic E-state index is 6.22. The highest BCUT2D eigenvalue weighted by Crippen LogP contribution is 2.47. The van der Waals surface area contributed by atoms with Gasteiger partial charge in [0.25, 0.3) is 0 Å². The van der Waals surface area contributed by atoms with Gasteiger partial charge in [-0.05, 0) is 50.3 Å². The highest BCUT2D eigenvalue weighted by Gasteiger charge is 2.44. The van der Waals surface area contributed by atoms with Crippen molar-refractivity contribution in [3.8, 4) is 0 Å². The molecular weight excluding hydrogens is 280 g/mol. The highest BCUT2D eigenvalue weighted by atomic mass is 35.5. The van der Waals surface area contributed by atoms with Crippen LogP contribution in [0.15, 0.2) is 23.2 Å². The molecule has 1 aliphatic heterocycles. The first-order valence-corrected chi connectivity index (χ1v) is 8.80. The Bertz CT molecular complexity index is 573. The number of hydrogen-bond donors (Lipinski definition) is 1. The lowest BCUT2D eigenvalue weighted by Crippen LogP contribution is -2.50. The molecule has 21 heavy (non-hydrogen) atoms. The predicted molar refractivity (Wildman–Crippen MR) is 89.9 cm³/mol. The maximum Gasteiger partial charge on any atom is 0.0861 e. The summed E-state index contributed by atoms with van der Waals surface area (Å²) in [4.78, 5) is 5.05. The summed E-state index contributed by atoms with van der Waals surface area (Å²) in [7, 11) is 0. The van der Waals surface area contributed by atoms with Gasteiger partial charge in [-0.1, -0.05) is 37.3 Å². The predicted octanol–water partition coefficient (Wildman–Crippen LogP) is 5.73. The molecule has 1 aromatic rings. The van der Waals surface area contributed by atoms with Crippen molar-refractivity contribution in [2.75, 3.05) is 5.32 Å². The number of halogens is 1. The second-order valence-electron chi connectivity index (χ2n) is 6.90. The van der Waals surface area contributed by atoms with E-state index in [0.29, 0.717) is 5.92 Å². The molecule has 0 bridgehead atoms. The van der Waals surface area contributed by atoms with Crippen LogP contribution in [0.3, 0.4) is 0 Å². The van der Waals surface area contributed by atoms with Crippen molar-refractivity contribution in [3.05, 3.63) is 23.2 Å². The summed E-state index contributed by atoms with van der Waals surface area (Å²) in [5, 5.41) is 4.72. The molecule has 4 rings (SSSR count). The third kappa shape index (κ3) is 2.38. The number of anilines is 1. The van der Waals surface area contributed by atoms with E-state index in [9.17, 15) is 0 Å². The molecule has 2 nitrogen and oxygen atoms in total. The van der Waals surface area contributed by atoms with Crippen LogP contribution in [-0.2, 0) is 0 Å². The number of aliphatic imine (C=N–C) groups is 1. The zero-order valence-electron chi connectivity index (χ0n) is 12.5. The number of fused-ring (bicyclic) bond motifs is 3. The molecule has 3 aliphatic rings. The van der Waals surface area contributed by atoms with Gasteiger partial charge in [0, 0.05) is 22.2 Å². The molecule has 0 aromatic heterocycles. The average Bonchev–Trinajstić information content (AvgIpc) is 2.63. The molecule has 1 heterocycles. The number of nitrogens with one attached hydrogen (secondary N) is 1. The molecule has 112 valence electrons. The Morgan fingerprint density at radius 1 is 1.10 bits per heavy atom. The number of nitrogens with zero attached hydrogens (tertiary/aromatic N) is 1. The van der Waals surface area contributed by atoms with E-state index in [0.717, 1.165) is 16.4 Å². The van der Waals surface area contributed by atoms with Crippen LogP contribution in [0.1, 0.15) is 57.8 Å². The maximum atomic E-state index is 6.22. The summed E-state index contributed by atoms with van der Waals surface area (Å²) in [6.45, 7) is 0. The van der Waals surface area contributed by atoms with Crippen molar-refractivity contribution >= 4 is 28.7 Å². The van der Waals surface area contributed by atoms with Gasteiger partial charge in [-0.15, -0.1) is 0 Å².